The summed E-state index contributed by atoms with van der Waals surface area (Å²) in [5.74, 6) is 0. The Bertz CT molecular complexity index is 693. The highest BCUT2D eigenvalue weighted by Gasteiger charge is 2.34. The maximum Gasteiger partial charge on any atom is 0.318 e. The molecule has 0 unspecified atom stereocenters. The Morgan fingerprint density at radius 2 is 2.25 bits per heavy atom. The second-order valence-corrected chi connectivity index (χ2v) is 7.72. The van der Waals surface area contributed by atoms with Crippen LogP contribution in [0.25, 0.3) is 10.2 Å². The van der Waals surface area contributed by atoms with Crippen LogP contribution >= 0.6 is 11.3 Å². The van der Waals surface area contributed by atoms with E-state index in [-0.39, 0.29) is 24.2 Å². The van der Waals surface area contributed by atoms with Crippen molar-refractivity contribution in [1.82, 2.24) is 15.2 Å². The summed E-state index contributed by atoms with van der Waals surface area (Å²) in [4.78, 5) is 19.5. The summed E-state index contributed by atoms with van der Waals surface area (Å²) >= 11 is 1.70. The van der Waals surface area contributed by atoms with E-state index in [1.807, 2.05) is 30.0 Å². The molecule has 3 heterocycles. The standard InChI is InChI=1S/C18H23N3O2S/c1-12(15-8-5-11-23-15)19-18(22)21-10-4-7-14(21)17-20-13-6-2-3-9-16(13)24-17/h2-3,6,9,12,14-15H,4-5,7-8,10-11H2,1H3,(H,19,22)/t12-,14+,15+/m0/s1. The van der Waals surface area contributed by atoms with Gasteiger partial charge in [-0.3, -0.25) is 0 Å². The molecule has 2 fully saturated rings. The molecule has 1 N–H and O–H groups in total. The van der Waals surface area contributed by atoms with Crippen LogP contribution in [-0.2, 0) is 4.74 Å². The van der Waals surface area contributed by atoms with Crippen molar-refractivity contribution in [3.8, 4) is 0 Å². The predicted octanol–water partition coefficient (Wildman–Crippen LogP) is 3.71. The molecule has 0 saturated carbocycles. The largest absolute Gasteiger partial charge is 0.376 e. The van der Waals surface area contributed by atoms with E-state index in [1.54, 1.807) is 11.3 Å². The lowest BCUT2D eigenvalue weighted by Gasteiger charge is -2.27. The number of nitrogens with zero attached hydrogens (tertiary/aromatic N) is 2. The second kappa shape index (κ2) is 6.69. The van der Waals surface area contributed by atoms with Crippen LogP contribution in [0.1, 0.15) is 43.7 Å². The van der Waals surface area contributed by atoms with Crippen LogP contribution in [0.15, 0.2) is 24.3 Å². The molecule has 6 heteroatoms. The highest BCUT2D eigenvalue weighted by molar-refractivity contribution is 7.18. The molecule has 24 heavy (non-hydrogen) atoms. The van der Waals surface area contributed by atoms with E-state index in [4.69, 9.17) is 9.72 Å². The fraction of sp³-hybridized carbons (Fsp3) is 0.556. The van der Waals surface area contributed by atoms with Crippen LogP contribution in [0.2, 0.25) is 0 Å². The lowest BCUT2D eigenvalue weighted by atomic mass is 10.1. The Kier molecular flexibility index (Phi) is 4.41. The van der Waals surface area contributed by atoms with Gasteiger partial charge in [-0.15, -0.1) is 11.3 Å². The van der Waals surface area contributed by atoms with E-state index in [0.717, 1.165) is 49.4 Å². The van der Waals surface area contributed by atoms with E-state index < -0.39 is 0 Å². The monoisotopic (exact) mass is 345 g/mol. The first-order valence-corrected chi connectivity index (χ1v) is 9.58. The highest BCUT2D eigenvalue weighted by Crippen LogP contribution is 2.36. The smallest absolute Gasteiger partial charge is 0.318 e. The summed E-state index contributed by atoms with van der Waals surface area (Å²) in [5.41, 5.74) is 1.03. The van der Waals surface area contributed by atoms with Crippen LogP contribution < -0.4 is 5.32 Å². The van der Waals surface area contributed by atoms with Gasteiger partial charge in [-0.05, 0) is 44.7 Å². The third-order valence-electron chi connectivity index (χ3n) is 4.98. The van der Waals surface area contributed by atoms with Crippen LogP contribution in [-0.4, -0.2) is 41.2 Å². The van der Waals surface area contributed by atoms with Crippen LogP contribution in [0.3, 0.4) is 0 Å². The summed E-state index contributed by atoms with van der Waals surface area (Å²) in [6, 6.07) is 8.33. The molecule has 2 amide bonds. The third kappa shape index (κ3) is 3.00. The van der Waals surface area contributed by atoms with Gasteiger partial charge < -0.3 is 15.0 Å². The van der Waals surface area contributed by atoms with E-state index in [2.05, 4.69) is 11.4 Å². The molecule has 0 bridgehead atoms. The Balaban J connectivity index is 1.48. The van der Waals surface area contributed by atoms with E-state index in [1.165, 1.54) is 4.70 Å². The van der Waals surface area contributed by atoms with E-state index >= 15 is 0 Å². The number of ether oxygens (including phenoxy) is 1. The van der Waals surface area contributed by atoms with Gasteiger partial charge in [-0.25, -0.2) is 9.78 Å². The molecule has 2 aliphatic heterocycles. The van der Waals surface area contributed by atoms with Gasteiger partial charge >= 0.3 is 6.03 Å². The van der Waals surface area contributed by atoms with Crippen molar-refractivity contribution in [2.24, 2.45) is 0 Å². The summed E-state index contributed by atoms with van der Waals surface area (Å²) in [7, 11) is 0. The number of aromatic nitrogens is 1. The quantitative estimate of drug-likeness (QED) is 0.922. The molecule has 4 rings (SSSR count). The topological polar surface area (TPSA) is 54.5 Å². The minimum atomic E-state index is 0.0137. The molecule has 0 radical (unpaired) electrons. The van der Waals surface area contributed by atoms with Gasteiger partial charge in [0.1, 0.15) is 5.01 Å². The van der Waals surface area contributed by atoms with Crippen molar-refractivity contribution < 1.29 is 9.53 Å². The highest BCUT2D eigenvalue weighted by atomic mass is 32.1. The fourth-order valence-electron chi connectivity index (χ4n) is 3.67. The lowest BCUT2D eigenvalue weighted by molar-refractivity contribution is 0.0829. The molecule has 1 aromatic carbocycles. The molecule has 1 aromatic heterocycles. The number of rotatable bonds is 3. The molecular weight excluding hydrogens is 322 g/mol. The third-order valence-corrected chi connectivity index (χ3v) is 6.12. The number of hydrogen-bond acceptors (Lipinski definition) is 4. The van der Waals surface area contributed by atoms with Gasteiger partial charge in [0, 0.05) is 13.2 Å². The molecule has 0 aliphatic carbocycles. The number of para-hydroxylation sites is 1. The minimum absolute atomic E-state index is 0.0137. The first-order chi connectivity index (χ1) is 11.7. The minimum Gasteiger partial charge on any atom is -0.376 e. The van der Waals surface area contributed by atoms with Crippen molar-refractivity contribution in [2.75, 3.05) is 13.2 Å². The molecule has 5 nitrogen and oxygen atoms in total. The number of likely N-dealkylation sites (tertiary alicyclic amines) is 1. The number of thiazole rings is 1. The number of carbonyl (C=O) groups is 1. The van der Waals surface area contributed by atoms with E-state index in [0.29, 0.717) is 0 Å². The Labute approximate surface area is 146 Å². The van der Waals surface area contributed by atoms with Gasteiger partial charge in [0.25, 0.3) is 0 Å². The average molecular weight is 345 g/mol. The zero-order chi connectivity index (χ0) is 16.5. The zero-order valence-corrected chi connectivity index (χ0v) is 14.7. The number of amides is 2. The van der Waals surface area contributed by atoms with Crippen molar-refractivity contribution in [3.63, 3.8) is 0 Å². The summed E-state index contributed by atoms with van der Waals surface area (Å²) in [5, 5.41) is 4.19. The number of benzene rings is 1. The normalized spacial score (nSPS) is 25.3. The maximum absolute atomic E-state index is 12.7. The van der Waals surface area contributed by atoms with Crippen molar-refractivity contribution in [3.05, 3.63) is 29.3 Å². The lowest BCUT2D eigenvalue weighted by Crippen LogP contribution is -2.47. The van der Waals surface area contributed by atoms with Crippen LogP contribution in [0.4, 0.5) is 4.79 Å². The molecule has 2 aromatic rings. The number of nitrogens with one attached hydrogen (secondary N) is 1. The van der Waals surface area contributed by atoms with Crippen molar-refractivity contribution in [2.45, 2.75) is 50.8 Å². The van der Waals surface area contributed by atoms with Crippen LogP contribution in [0, 0.1) is 0 Å². The van der Waals surface area contributed by atoms with E-state index in [9.17, 15) is 4.79 Å². The molecular formula is C18H23N3O2S. The number of urea groups is 1. The Morgan fingerprint density at radius 3 is 3.04 bits per heavy atom. The SMILES string of the molecule is C[C@H](NC(=O)N1CCC[C@@H]1c1nc2ccccc2s1)[C@H]1CCCO1. The van der Waals surface area contributed by atoms with Gasteiger partial charge in [0.15, 0.2) is 0 Å². The van der Waals surface area contributed by atoms with Gasteiger partial charge in [0.2, 0.25) is 0 Å². The van der Waals surface area contributed by atoms with Crippen molar-refractivity contribution >= 4 is 27.6 Å². The molecule has 2 saturated heterocycles. The second-order valence-electron chi connectivity index (χ2n) is 6.66. The average Bonchev–Trinajstić information content (AvgIpc) is 3.32. The molecule has 0 spiro atoms. The van der Waals surface area contributed by atoms with Gasteiger partial charge in [-0.2, -0.15) is 0 Å². The first kappa shape index (κ1) is 15.8. The molecule has 128 valence electrons. The first-order valence-electron chi connectivity index (χ1n) is 8.76. The zero-order valence-electron chi connectivity index (χ0n) is 13.9. The summed E-state index contributed by atoms with van der Waals surface area (Å²) in [6.07, 6.45) is 4.28. The van der Waals surface area contributed by atoms with Crippen LogP contribution in [0.5, 0.6) is 0 Å². The fourth-order valence-corrected chi connectivity index (χ4v) is 4.78. The molecule has 2 aliphatic rings. The number of fused-ring (bicyclic) bond motifs is 1. The molecule has 3 atom stereocenters. The maximum atomic E-state index is 12.7. The van der Waals surface area contributed by atoms with Gasteiger partial charge in [-0.1, -0.05) is 12.1 Å². The number of carbonyl (C=O) groups excluding carboxylic acids is 1. The predicted molar refractivity (Wildman–Crippen MR) is 95.3 cm³/mol. The summed E-state index contributed by atoms with van der Waals surface area (Å²) < 4.78 is 6.87. The number of hydrogen-bond donors (Lipinski definition) is 1. The Hall–Kier alpha value is -1.66. The Morgan fingerprint density at radius 1 is 1.38 bits per heavy atom. The van der Waals surface area contributed by atoms with Crippen molar-refractivity contribution in [1.29, 1.82) is 0 Å². The van der Waals surface area contributed by atoms with Gasteiger partial charge in [0.05, 0.1) is 28.4 Å². The summed E-state index contributed by atoms with van der Waals surface area (Å²) in [6.45, 7) is 3.64.